The Labute approximate surface area is 116 Å². The monoisotopic (exact) mass is 288 g/mol. The lowest BCUT2D eigenvalue weighted by molar-refractivity contribution is 0.0692. The Bertz CT molecular complexity index is 417. The number of ether oxygens (including phenoxy) is 2. The molecule has 19 heavy (non-hydrogen) atoms. The van der Waals surface area contributed by atoms with E-state index >= 15 is 0 Å². The van der Waals surface area contributed by atoms with Crippen molar-refractivity contribution in [2.24, 2.45) is 5.84 Å². The molecular formula is C11H17ClN4O3. The minimum absolute atomic E-state index is 0.192. The number of halogens is 1. The van der Waals surface area contributed by atoms with Crippen LogP contribution in [0.4, 0.5) is 5.82 Å². The fourth-order valence-electron chi connectivity index (χ4n) is 1.29. The zero-order valence-electron chi connectivity index (χ0n) is 10.6. The van der Waals surface area contributed by atoms with Crippen LogP contribution < -0.4 is 16.6 Å². The quantitative estimate of drug-likeness (QED) is 0.277. The van der Waals surface area contributed by atoms with E-state index in [0.717, 1.165) is 0 Å². The van der Waals surface area contributed by atoms with Gasteiger partial charge in [-0.25, -0.2) is 10.8 Å². The van der Waals surface area contributed by atoms with Crippen molar-refractivity contribution < 1.29 is 14.3 Å². The van der Waals surface area contributed by atoms with Crippen LogP contribution in [0.2, 0.25) is 5.15 Å². The van der Waals surface area contributed by atoms with E-state index < -0.39 is 0 Å². The molecule has 1 heterocycles. The average molecular weight is 289 g/mol. The molecule has 0 aromatic carbocycles. The van der Waals surface area contributed by atoms with Crippen LogP contribution in [0.5, 0.6) is 0 Å². The highest BCUT2D eigenvalue weighted by Crippen LogP contribution is 2.13. The van der Waals surface area contributed by atoms with Crippen LogP contribution in [0, 0.1) is 0 Å². The lowest BCUT2D eigenvalue weighted by Crippen LogP contribution is -2.28. The van der Waals surface area contributed by atoms with E-state index in [0.29, 0.717) is 37.7 Å². The number of carbonyl (C=O) groups excluding carboxylic acids is 1. The SMILES string of the molecule is COCCOCCNC(=O)c1cc(Cl)nc(NN)c1. The molecule has 1 aromatic heterocycles. The molecule has 7 nitrogen and oxygen atoms in total. The van der Waals surface area contributed by atoms with Crippen LogP contribution in [0.25, 0.3) is 0 Å². The van der Waals surface area contributed by atoms with Crippen molar-refractivity contribution >= 4 is 23.3 Å². The number of hydrogen-bond donors (Lipinski definition) is 3. The third-order valence-corrected chi connectivity index (χ3v) is 2.36. The molecule has 0 aliphatic carbocycles. The fraction of sp³-hybridized carbons (Fsp3) is 0.455. The first-order chi connectivity index (χ1) is 9.17. The van der Waals surface area contributed by atoms with Gasteiger partial charge in [-0.3, -0.25) is 4.79 Å². The van der Waals surface area contributed by atoms with Crippen molar-refractivity contribution in [1.82, 2.24) is 10.3 Å². The molecule has 8 heteroatoms. The third kappa shape index (κ3) is 5.84. The molecule has 1 aromatic rings. The predicted molar refractivity (Wildman–Crippen MR) is 72.1 cm³/mol. The van der Waals surface area contributed by atoms with Gasteiger partial charge >= 0.3 is 0 Å². The first-order valence-corrected chi connectivity index (χ1v) is 6.04. The maximum Gasteiger partial charge on any atom is 0.251 e. The van der Waals surface area contributed by atoms with Gasteiger partial charge in [-0.2, -0.15) is 0 Å². The number of aromatic nitrogens is 1. The van der Waals surface area contributed by atoms with Crippen molar-refractivity contribution in [2.75, 3.05) is 38.9 Å². The molecule has 4 N–H and O–H groups in total. The van der Waals surface area contributed by atoms with Gasteiger partial charge in [-0.1, -0.05) is 11.6 Å². The summed E-state index contributed by atoms with van der Waals surface area (Å²) >= 11 is 5.77. The lowest BCUT2D eigenvalue weighted by atomic mass is 10.2. The molecule has 0 saturated heterocycles. The zero-order valence-corrected chi connectivity index (χ0v) is 11.4. The van der Waals surface area contributed by atoms with Gasteiger partial charge in [0.15, 0.2) is 0 Å². The Morgan fingerprint density at radius 3 is 2.89 bits per heavy atom. The third-order valence-electron chi connectivity index (χ3n) is 2.17. The standard InChI is InChI=1S/C11H17ClN4O3/c1-18-4-5-19-3-2-14-11(17)8-6-9(12)15-10(7-8)16-13/h6-7H,2-5,13H2,1H3,(H,14,17)(H,15,16). The minimum atomic E-state index is -0.267. The number of rotatable bonds is 8. The average Bonchev–Trinajstić information content (AvgIpc) is 2.41. The van der Waals surface area contributed by atoms with Crippen molar-refractivity contribution in [3.05, 3.63) is 22.8 Å². The maximum absolute atomic E-state index is 11.8. The molecule has 0 atom stereocenters. The number of hydrazine groups is 1. The highest BCUT2D eigenvalue weighted by atomic mass is 35.5. The molecule has 1 amide bonds. The van der Waals surface area contributed by atoms with E-state index in [9.17, 15) is 4.79 Å². The van der Waals surface area contributed by atoms with Gasteiger partial charge in [0.25, 0.3) is 5.91 Å². The number of pyridine rings is 1. The molecule has 0 aliphatic heterocycles. The van der Waals surface area contributed by atoms with Gasteiger partial charge in [-0.05, 0) is 12.1 Å². The van der Waals surface area contributed by atoms with Crippen LogP contribution in [-0.4, -0.2) is 44.4 Å². The van der Waals surface area contributed by atoms with Crippen LogP contribution in [-0.2, 0) is 9.47 Å². The number of nitrogens with one attached hydrogen (secondary N) is 2. The van der Waals surface area contributed by atoms with Gasteiger partial charge in [0.05, 0.1) is 19.8 Å². The Morgan fingerprint density at radius 2 is 2.21 bits per heavy atom. The minimum Gasteiger partial charge on any atom is -0.382 e. The molecule has 0 radical (unpaired) electrons. The summed E-state index contributed by atoms with van der Waals surface area (Å²) in [5, 5.41) is 2.89. The maximum atomic E-state index is 11.8. The van der Waals surface area contributed by atoms with Gasteiger partial charge in [0.1, 0.15) is 11.0 Å². The zero-order chi connectivity index (χ0) is 14.1. The van der Waals surface area contributed by atoms with E-state index in [1.807, 2.05) is 0 Å². The van der Waals surface area contributed by atoms with Gasteiger partial charge in [0.2, 0.25) is 0 Å². The molecule has 0 fully saturated rings. The number of nitrogens with two attached hydrogens (primary N) is 1. The molecule has 0 unspecified atom stereocenters. The highest BCUT2D eigenvalue weighted by molar-refractivity contribution is 6.29. The van der Waals surface area contributed by atoms with Crippen molar-refractivity contribution in [2.45, 2.75) is 0 Å². The first-order valence-electron chi connectivity index (χ1n) is 5.66. The molecule has 106 valence electrons. The molecule has 0 saturated carbocycles. The first kappa shape index (κ1) is 15.6. The Kier molecular flexibility index (Phi) is 7.12. The summed E-state index contributed by atoms with van der Waals surface area (Å²) in [5.74, 6) is 5.28. The van der Waals surface area contributed by atoms with Gasteiger partial charge in [0, 0.05) is 19.2 Å². The number of amides is 1. The molecular weight excluding hydrogens is 272 g/mol. The van der Waals surface area contributed by atoms with E-state index in [2.05, 4.69) is 15.7 Å². The smallest absolute Gasteiger partial charge is 0.251 e. The number of anilines is 1. The molecule has 1 rings (SSSR count). The van der Waals surface area contributed by atoms with Crippen molar-refractivity contribution in [3.8, 4) is 0 Å². The molecule has 0 bridgehead atoms. The Hall–Kier alpha value is -1.41. The van der Waals surface area contributed by atoms with E-state index in [-0.39, 0.29) is 11.1 Å². The summed E-state index contributed by atoms with van der Waals surface area (Å²) in [7, 11) is 1.60. The number of carbonyl (C=O) groups is 1. The van der Waals surface area contributed by atoms with E-state index in [1.165, 1.54) is 12.1 Å². The number of nitrogens with zero attached hydrogens (tertiary/aromatic N) is 1. The summed E-state index contributed by atoms with van der Waals surface area (Å²) in [4.78, 5) is 15.7. The topological polar surface area (TPSA) is 98.5 Å². The lowest BCUT2D eigenvalue weighted by Gasteiger charge is -2.07. The summed E-state index contributed by atoms with van der Waals surface area (Å²) in [5.41, 5.74) is 2.72. The molecule has 0 aliphatic rings. The van der Waals surface area contributed by atoms with Crippen molar-refractivity contribution in [1.29, 1.82) is 0 Å². The summed E-state index contributed by atoms with van der Waals surface area (Å²) in [6, 6.07) is 2.97. The number of hydrogen-bond acceptors (Lipinski definition) is 6. The number of methoxy groups -OCH3 is 1. The second-order valence-electron chi connectivity index (χ2n) is 3.57. The van der Waals surface area contributed by atoms with Crippen LogP contribution in [0.1, 0.15) is 10.4 Å². The molecule has 0 spiro atoms. The second kappa shape index (κ2) is 8.65. The summed E-state index contributed by atoms with van der Waals surface area (Å²) in [6.07, 6.45) is 0. The second-order valence-corrected chi connectivity index (χ2v) is 3.96. The predicted octanol–water partition coefficient (Wildman–Crippen LogP) is 0.413. The van der Waals surface area contributed by atoms with Crippen LogP contribution >= 0.6 is 11.6 Å². The number of nitrogen functional groups attached to an aromatic ring is 1. The highest BCUT2D eigenvalue weighted by Gasteiger charge is 2.08. The van der Waals surface area contributed by atoms with Crippen LogP contribution in [0.15, 0.2) is 12.1 Å². The van der Waals surface area contributed by atoms with Gasteiger partial charge in [-0.15, -0.1) is 0 Å². The summed E-state index contributed by atoms with van der Waals surface area (Å²) in [6.45, 7) is 1.83. The largest absolute Gasteiger partial charge is 0.382 e. The Balaban J connectivity index is 2.39. The fourth-order valence-corrected chi connectivity index (χ4v) is 1.49. The normalized spacial score (nSPS) is 10.3. The van der Waals surface area contributed by atoms with Crippen molar-refractivity contribution in [3.63, 3.8) is 0 Å². The van der Waals surface area contributed by atoms with E-state index in [1.54, 1.807) is 7.11 Å². The van der Waals surface area contributed by atoms with Gasteiger partial charge < -0.3 is 20.2 Å². The van der Waals surface area contributed by atoms with Crippen LogP contribution in [0.3, 0.4) is 0 Å². The summed E-state index contributed by atoms with van der Waals surface area (Å²) < 4.78 is 10.0. The Morgan fingerprint density at radius 1 is 1.42 bits per heavy atom. The van der Waals surface area contributed by atoms with E-state index in [4.69, 9.17) is 26.9 Å².